The number of rotatable bonds is 8. The van der Waals surface area contributed by atoms with Crippen molar-refractivity contribution in [1.29, 1.82) is 5.26 Å². The van der Waals surface area contributed by atoms with Crippen molar-refractivity contribution in [3.8, 4) is 17.6 Å². The topological polar surface area (TPSA) is 97.6 Å². The molecule has 0 bridgehead atoms. The van der Waals surface area contributed by atoms with E-state index in [0.29, 0.717) is 27.1 Å². The number of esters is 1. The molecule has 3 aromatic rings. The number of anilines is 1. The summed E-state index contributed by atoms with van der Waals surface area (Å²) in [4.78, 5) is 24.8. The largest absolute Gasteiger partial charge is 0.493 e. The number of amides is 1. The number of nitrogens with zero attached hydrogens (tertiary/aromatic N) is 1. The molecule has 3 rings (SSSR count). The van der Waals surface area contributed by atoms with E-state index in [1.54, 1.807) is 23.6 Å². The van der Waals surface area contributed by atoms with Crippen molar-refractivity contribution < 1.29 is 23.8 Å². The highest BCUT2D eigenvalue weighted by Crippen LogP contribution is 2.30. The molecule has 7 nitrogen and oxygen atoms in total. The van der Waals surface area contributed by atoms with Crippen LogP contribution in [0.1, 0.15) is 28.4 Å². The Morgan fingerprint density at radius 1 is 1.19 bits per heavy atom. The number of nitrogens with one attached hydrogen (secondary N) is 1. The molecule has 0 aliphatic rings. The summed E-state index contributed by atoms with van der Waals surface area (Å²) in [6, 6.07) is 15.5. The lowest BCUT2D eigenvalue weighted by atomic mass is 10.2. The molecular formula is C23H19ClN2O5S. The number of thiophene rings is 1. The molecule has 0 aliphatic heterocycles. The summed E-state index contributed by atoms with van der Waals surface area (Å²) in [5.74, 6) is -0.475. The molecule has 1 heterocycles. The van der Waals surface area contributed by atoms with E-state index in [0.717, 1.165) is 5.56 Å². The lowest BCUT2D eigenvalue weighted by molar-refractivity contribution is -0.123. The highest BCUT2D eigenvalue weighted by Gasteiger charge is 2.21. The first-order chi connectivity index (χ1) is 15.4. The maximum atomic E-state index is 12.5. The molecule has 9 heteroatoms. The summed E-state index contributed by atoms with van der Waals surface area (Å²) in [5, 5.41) is 14.3. The van der Waals surface area contributed by atoms with Crippen LogP contribution in [-0.2, 0) is 16.1 Å². The van der Waals surface area contributed by atoms with Crippen molar-refractivity contribution in [3.05, 3.63) is 75.6 Å². The second kappa shape index (κ2) is 10.7. The number of nitriles is 1. The van der Waals surface area contributed by atoms with Crippen molar-refractivity contribution in [2.24, 2.45) is 0 Å². The van der Waals surface area contributed by atoms with Gasteiger partial charge < -0.3 is 19.5 Å². The van der Waals surface area contributed by atoms with Crippen molar-refractivity contribution in [1.82, 2.24) is 0 Å². The minimum absolute atomic E-state index is 0.195. The van der Waals surface area contributed by atoms with Crippen LogP contribution in [0.2, 0.25) is 5.02 Å². The molecule has 0 saturated carbocycles. The maximum Gasteiger partial charge on any atom is 0.339 e. The van der Waals surface area contributed by atoms with Gasteiger partial charge >= 0.3 is 5.97 Å². The molecule has 0 saturated heterocycles. The summed E-state index contributed by atoms with van der Waals surface area (Å²) in [6.45, 7) is 1.68. The minimum atomic E-state index is -1.07. The highest BCUT2D eigenvalue weighted by molar-refractivity contribution is 7.14. The fourth-order valence-electron chi connectivity index (χ4n) is 2.67. The molecule has 0 fully saturated rings. The molecule has 0 radical (unpaired) electrons. The second-order valence-corrected chi connectivity index (χ2v) is 7.88. The second-order valence-electron chi connectivity index (χ2n) is 6.56. The number of methoxy groups -OCH3 is 1. The Bertz CT molecular complexity index is 1170. The third kappa shape index (κ3) is 5.58. The maximum absolute atomic E-state index is 12.5. The normalized spacial score (nSPS) is 11.2. The monoisotopic (exact) mass is 470 g/mol. The zero-order valence-electron chi connectivity index (χ0n) is 17.3. The van der Waals surface area contributed by atoms with Crippen LogP contribution < -0.4 is 14.8 Å². The molecular weight excluding hydrogens is 452 g/mol. The van der Waals surface area contributed by atoms with Crippen LogP contribution in [0.15, 0.2) is 53.9 Å². The molecule has 0 aliphatic carbocycles. The summed E-state index contributed by atoms with van der Waals surface area (Å²) in [7, 11) is 1.46. The number of hydrogen-bond acceptors (Lipinski definition) is 7. The zero-order valence-corrected chi connectivity index (χ0v) is 18.8. The van der Waals surface area contributed by atoms with Crippen LogP contribution in [0.25, 0.3) is 0 Å². The van der Waals surface area contributed by atoms with Gasteiger partial charge in [0.1, 0.15) is 17.7 Å². The summed E-state index contributed by atoms with van der Waals surface area (Å²) in [5.41, 5.74) is 1.35. The number of ether oxygens (including phenoxy) is 3. The van der Waals surface area contributed by atoms with Gasteiger partial charge in [0.05, 0.1) is 18.2 Å². The predicted octanol–water partition coefficient (Wildman–Crippen LogP) is 5.04. The van der Waals surface area contributed by atoms with Crippen LogP contribution >= 0.6 is 22.9 Å². The van der Waals surface area contributed by atoms with Crippen LogP contribution in [-0.4, -0.2) is 25.1 Å². The van der Waals surface area contributed by atoms with Gasteiger partial charge in [-0.25, -0.2) is 4.79 Å². The standard InChI is InChI=1S/C23H19ClN2O5S/c1-14(21(27)26-22-16(12-25)9-10-32-22)31-23(28)15-7-8-19(20(11-15)29-2)30-13-17-5-3-4-6-18(17)24/h3-11,14H,13H2,1-2H3,(H,26,27). The Morgan fingerprint density at radius 3 is 2.69 bits per heavy atom. The molecule has 1 aromatic heterocycles. The molecule has 164 valence electrons. The fraction of sp³-hybridized carbons (Fsp3) is 0.174. The fourth-order valence-corrected chi connectivity index (χ4v) is 3.61. The van der Waals surface area contributed by atoms with Gasteiger partial charge in [0.25, 0.3) is 5.91 Å². The molecule has 32 heavy (non-hydrogen) atoms. The van der Waals surface area contributed by atoms with Gasteiger partial charge in [0.2, 0.25) is 0 Å². The van der Waals surface area contributed by atoms with Gasteiger partial charge in [-0.2, -0.15) is 5.26 Å². The SMILES string of the molecule is COc1cc(C(=O)OC(C)C(=O)Nc2sccc2C#N)ccc1OCc1ccccc1Cl. The summed E-state index contributed by atoms with van der Waals surface area (Å²) >= 11 is 7.36. The van der Waals surface area contributed by atoms with Gasteiger partial charge in [-0.05, 0) is 42.6 Å². The Morgan fingerprint density at radius 2 is 1.97 bits per heavy atom. The van der Waals surface area contributed by atoms with Crippen molar-refractivity contribution in [3.63, 3.8) is 0 Å². The average molecular weight is 471 g/mol. The number of hydrogen-bond donors (Lipinski definition) is 1. The Balaban J connectivity index is 1.64. The van der Waals surface area contributed by atoms with Crippen LogP contribution in [0.5, 0.6) is 11.5 Å². The zero-order chi connectivity index (χ0) is 23.1. The van der Waals surface area contributed by atoms with E-state index >= 15 is 0 Å². The van der Waals surface area contributed by atoms with E-state index in [-0.39, 0.29) is 12.2 Å². The molecule has 1 amide bonds. The first-order valence-corrected chi connectivity index (χ1v) is 10.7. The van der Waals surface area contributed by atoms with Gasteiger partial charge in [-0.3, -0.25) is 4.79 Å². The van der Waals surface area contributed by atoms with E-state index < -0.39 is 18.0 Å². The average Bonchev–Trinajstić information content (AvgIpc) is 3.25. The lowest BCUT2D eigenvalue weighted by Crippen LogP contribution is -2.29. The highest BCUT2D eigenvalue weighted by atomic mass is 35.5. The van der Waals surface area contributed by atoms with Crippen LogP contribution in [0.3, 0.4) is 0 Å². The third-order valence-electron chi connectivity index (χ3n) is 4.42. The van der Waals surface area contributed by atoms with Gasteiger partial charge in [-0.1, -0.05) is 29.8 Å². The first kappa shape index (κ1) is 23.1. The van der Waals surface area contributed by atoms with Gasteiger partial charge in [-0.15, -0.1) is 11.3 Å². The number of carbonyl (C=O) groups is 2. The van der Waals surface area contributed by atoms with E-state index in [2.05, 4.69) is 5.32 Å². The number of halogens is 1. The third-order valence-corrected chi connectivity index (χ3v) is 5.61. The quantitative estimate of drug-likeness (QED) is 0.463. The van der Waals surface area contributed by atoms with E-state index in [9.17, 15) is 9.59 Å². The molecule has 1 unspecified atom stereocenters. The Hall–Kier alpha value is -3.54. The van der Waals surface area contributed by atoms with Crippen LogP contribution in [0, 0.1) is 11.3 Å². The van der Waals surface area contributed by atoms with Crippen molar-refractivity contribution in [2.75, 3.05) is 12.4 Å². The van der Waals surface area contributed by atoms with E-state index in [1.165, 1.54) is 37.5 Å². The first-order valence-electron chi connectivity index (χ1n) is 9.46. The predicted molar refractivity (Wildman–Crippen MR) is 121 cm³/mol. The molecule has 1 atom stereocenters. The smallest absolute Gasteiger partial charge is 0.339 e. The lowest BCUT2D eigenvalue weighted by Gasteiger charge is -2.15. The van der Waals surface area contributed by atoms with Gasteiger partial charge in [0, 0.05) is 10.6 Å². The Labute approximate surface area is 194 Å². The minimum Gasteiger partial charge on any atom is -0.493 e. The van der Waals surface area contributed by atoms with Crippen LogP contribution in [0.4, 0.5) is 5.00 Å². The van der Waals surface area contributed by atoms with Crippen molar-refractivity contribution >= 4 is 39.8 Å². The molecule has 2 aromatic carbocycles. The van der Waals surface area contributed by atoms with E-state index in [1.807, 2.05) is 24.3 Å². The van der Waals surface area contributed by atoms with Crippen molar-refractivity contribution in [2.45, 2.75) is 19.6 Å². The van der Waals surface area contributed by atoms with Gasteiger partial charge in [0.15, 0.2) is 17.6 Å². The Kier molecular flexibility index (Phi) is 7.71. The number of benzene rings is 2. The summed E-state index contributed by atoms with van der Waals surface area (Å²) in [6.07, 6.45) is -1.07. The molecule has 0 spiro atoms. The van der Waals surface area contributed by atoms with E-state index in [4.69, 9.17) is 31.1 Å². The summed E-state index contributed by atoms with van der Waals surface area (Å²) < 4.78 is 16.4. The molecule has 1 N–H and O–H groups in total. The number of carbonyl (C=O) groups excluding carboxylic acids is 2.